The van der Waals surface area contributed by atoms with E-state index in [2.05, 4.69) is 16.9 Å². The van der Waals surface area contributed by atoms with Crippen molar-refractivity contribution < 1.29 is 9.18 Å². The van der Waals surface area contributed by atoms with Gasteiger partial charge < -0.3 is 10.2 Å². The Morgan fingerprint density at radius 1 is 1.21 bits per heavy atom. The van der Waals surface area contributed by atoms with Crippen LogP contribution in [0.3, 0.4) is 0 Å². The molecule has 1 atom stereocenters. The van der Waals surface area contributed by atoms with Crippen LogP contribution in [0.2, 0.25) is 0 Å². The number of anilines is 1. The Balaban J connectivity index is 1.90. The fourth-order valence-corrected chi connectivity index (χ4v) is 5.01. The smallest absolute Gasteiger partial charge is 0.261 e. The predicted molar refractivity (Wildman–Crippen MR) is 134 cm³/mol. The van der Waals surface area contributed by atoms with Crippen molar-refractivity contribution in [2.24, 2.45) is 0 Å². The normalized spacial score (nSPS) is 18.0. The molecule has 1 aliphatic rings. The zero-order valence-corrected chi connectivity index (χ0v) is 20.4. The number of amides is 1. The topological polar surface area (TPSA) is 67.2 Å². The van der Waals surface area contributed by atoms with Crippen LogP contribution in [0.15, 0.2) is 48.0 Å². The van der Waals surface area contributed by atoms with Crippen molar-refractivity contribution in [2.75, 3.05) is 18.4 Å². The first-order valence-corrected chi connectivity index (χ1v) is 11.6. The van der Waals surface area contributed by atoms with E-state index in [4.69, 9.17) is 0 Å². The maximum absolute atomic E-state index is 15.4. The molecule has 0 radical (unpaired) electrons. The fourth-order valence-electron chi connectivity index (χ4n) is 5.01. The summed E-state index contributed by atoms with van der Waals surface area (Å²) in [5.74, 6) is -0.501. The maximum atomic E-state index is 15.4. The van der Waals surface area contributed by atoms with E-state index in [1.165, 1.54) is 12.1 Å². The third kappa shape index (κ3) is 3.79. The van der Waals surface area contributed by atoms with Crippen LogP contribution in [0.1, 0.15) is 48.6 Å². The first kappa shape index (κ1) is 23.7. The van der Waals surface area contributed by atoms with Crippen molar-refractivity contribution >= 4 is 22.5 Å². The third-order valence-electron chi connectivity index (χ3n) is 7.06. The van der Waals surface area contributed by atoms with Gasteiger partial charge in [0.1, 0.15) is 5.82 Å². The number of aryl methyl sites for hydroxylation is 2. The second-order valence-corrected chi connectivity index (χ2v) is 9.47. The molecule has 0 saturated carbocycles. The highest BCUT2D eigenvalue weighted by Gasteiger charge is 2.44. The summed E-state index contributed by atoms with van der Waals surface area (Å²) in [5, 5.41) is 4.12. The molecule has 7 heteroatoms. The van der Waals surface area contributed by atoms with Crippen LogP contribution in [0.5, 0.6) is 0 Å². The number of rotatable bonds is 5. The molecule has 1 amide bonds. The quantitative estimate of drug-likeness (QED) is 0.555. The third-order valence-corrected chi connectivity index (χ3v) is 7.06. The highest BCUT2D eigenvalue weighted by Crippen LogP contribution is 2.41. The van der Waals surface area contributed by atoms with Gasteiger partial charge >= 0.3 is 0 Å². The average molecular weight is 463 g/mol. The number of nitrogens with one attached hydrogen (secondary N) is 1. The number of benzene rings is 2. The van der Waals surface area contributed by atoms with Crippen LogP contribution >= 0.6 is 0 Å². The SMILES string of the molecule is C=CC(=O)N1CC[C@](Nc2ccc3ncn(C(C)C)c(=O)c3c2C)(c2c(F)ccc(C)c2C)C1. The van der Waals surface area contributed by atoms with Gasteiger partial charge in [0.15, 0.2) is 0 Å². The Kier molecular flexibility index (Phi) is 6.06. The van der Waals surface area contributed by atoms with Gasteiger partial charge in [0, 0.05) is 30.4 Å². The van der Waals surface area contributed by atoms with Gasteiger partial charge in [-0.05, 0) is 82.0 Å². The van der Waals surface area contributed by atoms with E-state index in [1.807, 2.05) is 46.8 Å². The van der Waals surface area contributed by atoms with Crippen molar-refractivity contribution in [3.8, 4) is 0 Å². The molecule has 6 nitrogen and oxygen atoms in total. The second kappa shape index (κ2) is 8.70. The van der Waals surface area contributed by atoms with E-state index in [1.54, 1.807) is 21.9 Å². The van der Waals surface area contributed by atoms with Crippen molar-refractivity contribution in [3.63, 3.8) is 0 Å². The molecule has 2 aromatic carbocycles. The summed E-state index contributed by atoms with van der Waals surface area (Å²) < 4.78 is 17.0. The molecule has 3 aromatic rings. The molecule has 0 bridgehead atoms. The lowest BCUT2D eigenvalue weighted by Gasteiger charge is -2.35. The molecule has 1 saturated heterocycles. The number of hydrogen-bond acceptors (Lipinski definition) is 4. The van der Waals surface area contributed by atoms with E-state index >= 15 is 4.39 Å². The molecule has 0 unspecified atom stereocenters. The number of nitrogens with zero attached hydrogens (tertiary/aromatic N) is 3. The van der Waals surface area contributed by atoms with Gasteiger partial charge in [-0.15, -0.1) is 0 Å². The molecule has 2 heterocycles. The van der Waals surface area contributed by atoms with Crippen LogP contribution in [-0.2, 0) is 10.3 Å². The zero-order valence-electron chi connectivity index (χ0n) is 20.4. The minimum Gasteiger partial charge on any atom is -0.373 e. The number of aromatic nitrogens is 2. The molecule has 1 N–H and O–H groups in total. The first-order valence-electron chi connectivity index (χ1n) is 11.6. The number of halogens is 1. The number of carbonyl (C=O) groups excluding carboxylic acids is 1. The van der Waals surface area contributed by atoms with Gasteiger partial charge in [0.2, 0.25) is 5.91 Å². The van der Waals surface area contributed by atoms with E-state index in [9.17, 15) is 9.59 Å². The average Bonchev–Trinajstić information content (AvgIpc) is 3.22. The molecule has 178 valence electrons. The summed E-state index contributed by atoms with van der Waals surface area (Å²) in [5.41, 5.74) is 3.51. The molecule has 1 fully saturated rings. The van der Waals surface area contributed by atoms with Crippen molar-refractivity contribution in [1.82, 2.24) is 14.5 Å². The minimum atomic E-state index is -0.851. The van der Waals surface area contributed by atoms with Crippen LogP contribution in [-0.4, -0.2) is 33.4 Å². The maximum Gasteiger partial charge on any atom is 0.261 e. The van der Waals surface area contributed by atoms with Crippen LogP contribution in [0, 0.1) is 26.6 Å². The Morgan fingerprint density at radius 2 is 1.94 bits per heavy atom. The van der Waals surface area contributed by atoms with Gasteiger partial charge in [-0.3, -0.25) is 14.2 Å². The van der Waals surface area contributed by atoms with Gasteiger partial charge in [0.05, 0.1) is 22.8 Å². The highest BCUT2D eigenvalue weighted by molar-refractivity contribution is 5.88. The standard InChI is InChI=1S/C27H31FN4O2/c1-7-23(33)31-13-12-27(14-31,25-18(5)17(4)8-9-20(25)28)30-21-10-11-22-24(19(21)6)26(34)32(15-29-22)16(2)3/h7-11,15-16,30H,1,12-14H2,2-6H3/t27-/m1/s1. The predicted octanol–water partition coefficient (Wildman–Crippen LogP) is 4.77. The number of hydrogen-bond donors (Lipinski definition) is 1. The summed E-state index contributed by atoms with van der Waals surface area (Å²) >= 11 is 0. The summed E-state index contributed by atoms with van der Waals surface area (Å²) in [7, 11) is 0. The Morgan fingerprint density at radius 3 is 2.62 bits per heavy atom. The molecule has 34 heavy (non-hydrogen) atoms. The lowest BCUT2D eigenvalue weighted by molar-refractivity contribution is -0.125. The van der Waals surface area contributed by atoms with E-state index in [0.717, 1.165) is 22.4 Å². The number of carbonyl (C=O) groups is 1. The van der Waals surface area contributed by atoms with Crippen molar-refractivity contribution in [3.05, 3.63) is 81.7 Å². The molecule has 1 aromatic heterocycles. The molecular weight excluding hydrogens is 431 g/mol. The number of fused-ring (bicyclic) bond motifs is 1. The molecule has 0 aliphatic carbocycles. The van der Waals surface area contributed by atoms with Gasteiger partial charge in [0.25, 0.3) is 5.56 Å². The fraction of sp³-hybridized carbons (Fsp3) is 0.370. The summed E-state index contributed by atoms with van der Waals surface area (Å²) in [6, 6.07) is 6.92. The van der Waals surface area contributed by atoms with Crippen LogP contribution in [0.25, 0.3) is 10.9 Å². The van der Waals surface area contributed by atoms with E-state index in [-0.39, 0.29) is 23.3 Å². The Hall–Kier alpha value is -3.48. The largest absolute Gasteiger partial charge is 0.373 e. The van der Waals surface area contributed by atoms with Crippen molar-refractivity contribution in [1.29, 1.82) is 0 Å². The minimum absolute atomic E-state index is 0.0240. The first-order chi connectivity index (χ1) is 16.1. The summed E-state index contributed by atoms with van der Waals surface area (Å²) in [4.78, 5) is 31.8. The second-order valence-electron chi connectivity index (χ2n) is 9.47. The molecule has 1 aliphatic heterocycles. The molecular formula is C27H31FN4O2. The lowest BCUT2D eigenvalue weighted by atomic mass is 9.83. The summed E-state index contributed by atoms with van der Waals surface area (Å²) in [6.07, 6.45) is 3.38. The lowest BCUT2D eigenvalue weighted by Crippen LogP contribution is -2.41. The van der Waals surface area contributed by atoms with E-state index in [0.29, 0.717) is 36.0 Å². The van der Waals surface area contributed by atoms with Crippen LogP contribution in [0.4, 0.5) is 10.1 Å². The van der Waals surface area contributed by atoms with Gasteiger partial charge in [-0.25, -0.2) is 9.37 Å². The molecule has 4 rings (SSSR count). The zero-order chi connectivity index (χ0) is 24.8. The van der Waals surface area contributed by atoms with Crippen molar-refractivity contribution in [2.45, 2.75) is 52.6 Å². The van der Waals surface area contributed by atoms with Crippen LogP contribution < -0.4 is 10.9 Å². The Labute approximate surface area is 199 Å². The highest BCUT2D eigenvalue weighted by atomic mass is 19.1. The van der Waals surface area contributed by atoms with Gasteiger partial charge in [-0.2, -0.15) is 0 Å². The Bertz CT molecular complexity index is 1360. The monoisotopic (exact) mass is 462 g/mol. The molecule has 0 spiro atoms. The summed E-state index contributed by atoms with van der Waals surface area (Å²) in [6.45, 7) is 14.0. The number of likely N-dealkylation sites (tertiary alicyclic amines) is 1. The van der Waals surface area contributed by atoms with Gasteiger partial charge in [-0.1, -0.05) is 12.6 Å². The van der Waals surface area contributed by atoms with E-state index < -0.39 is 5.54 Å².